The van der Waals surface area contributed by atoms with Gasteiger partial charge in [0, 0.05) is 31.8 Å². The first-order valence-electron chi connectivity index (χ1n) is 12.8. The number of fused-ring (bicyclic) bond motifs is 1. The van der Waals surface area contributed by atoms with E-state index >= 15 is 0 Å². The van der Waals surface area contributed by atoms with Gasteiger partial charge in [-0.3, -0.25) is 4.79 Å². The number of carbonyl (C=O) groups is 2. The van der Waals surface area contributed by atoms with Crippen LogP contribution in [-0.4, -0.2) is 73.9 Å². The second-order valence-corrected chi connectivity index (χ2v) is 12.5. The van der Waals surface area contributed by atoms with Gasteiger partial charge in [0.15, 0.2) is 4.34 Å². The second kappa shape index (κ2) is 13.9. The summed E-state index contributed by atoms with van der Waals surface area (Å²) in [6, 6.07) is 24.0. The number of esters is 1. The number of hydrogen-bond donors (Lipinski definition) is 0. The standard InChI is InChI=1S/C30H29NO7S3/c1-34-24-22(38-29(26(36-3)25(24)35-2)39-20-12-5-4-6-13-20)17-37-27(32)18-10-9-11-19(16-18)28(33)41-30-31-21-14-7-8-15-23(21)40-30/h4-16,22,24-26,29H,17H2,1-3H3/t22-,24+,25+,26-,29+/m1/s1. The second-order valence-electron chi connectivity index (χ2n) is 9.09. The maximum absolute atomic E-state index is 13.1. The number of hydrogen-bond acceptors (Lipinski definition) is 11. The van der Waals surface area contributed by atoms with E-state index in [2.05, 4.69) is 4.98 Å². The molecule has 0 N–H and O–H groups in total. The molecule has 5 rings (SSSR count). The average molecular weight is 612 g/mol. The van der Waals surface area contributed by atoms with E-state index in [9.17, 15) is 9.59 Å². The molecular formula is C30H29NO7S3. The Labute approximate surface area is 250 Å². The van der Waals surface area contributed by atoms with E-state index in [1.165, 1.54) is 29.2 Å². The Hall–Kier alpha value is -2.77. The summed E-state index contributed by atoms with van der Waals surface area (Å²) in [5, 5.41) is -0.205. The van der Waals surface area contributed by atoms with Gasteiger partial charge in [0.05, 0.1) is 15.8 Å². The molecule has 0 unspecified atom stereocenters. The van der Waals surface area contributed by atoms with Gasteiger partial charge in [0.1, 0.15) is 36.5 Å². The molecule has 0 aliphatic carbocycles. The van der Waals surface area contributed by atoms with Crippen molar-refractivity contribution in [3.63, 3.8) is 0 Å². The third kappa shape index (κ3) is 7.00. The molecule has 1 fully saturated rings. The van der Waals surface area contributed by atoms with Crippen molar-refractivity contribution in [1.82, 2.24) is 4.98 Å². The molecule has 3 aromatic carbocycles. The highest BCUT2D eigenvalue weighted by Gasteiger charge is 2.47. The number of carbonyl (C=O) groups excluding carboxylic acids is 2. The van der Waals surface area contributed by atoms with Crippen LogP contribution in [0, 0.1) is 0 Å². The number of aromatic nitrogens is 1. The monoisotopic (exact) mass is 611 g/mol. The highest BCUT2D eigenvalue weighted by molar-refractivity contribution is 8.15. The van der Waals surface area contributed by atoms with Gasteiger partial charge in [0.25, 0.3) is 0 Å². The highest BCUT2D eigenvalue weighted by atomic mass is 32.2. The molecule has 4 aromatic rings. The molecule has 1 aromatic heterocycles. The summed E-state index contributed by atoms with van der Waals surface area (Å²) >= 11 is 4.00. The van der Waals surface area contributed by atoms with Crippen LogP contribution in [0.2, 0.25) is 0 Å². The molecule has 2 heterocycles. The molecule has 41 heavy (non-hydrogen) atoms. The van der Waals surface area contributed by atoms with Gasteiger partial charge < -0.3 is 23.7 Å². The van der Waals surface area contributed by atoms with Crippen molar-refractivity contribution in [3.8, 4) is 0 Å². The van der Waals surface area contributed by atoms with Crippen LogP contribution in [-0.2, 0) is 23.7 Å². The maximum atomic E-state index is 13.1. The molecule has 0 saturated carbocycles. The number of methoxy groups -OCH3 is 3. The molecule has 1 saturated heterocycles. The molecule has 0 bridgehead atoms. The molecule has 5 atom stereocenters. The Morgan fingerprint density at radius 3 is 2.29 bits per heavy atom. The normalized spacial score (nSPS) is 22.5. The van der Waals surface area contributed by atoms with Crippen molar-refractivity contribution >= 4 is 56.2 Å². The molecule has 0 spiro atoms. The molecular weight excluding hydrogens is 583 g/mol. The van der Waals surface area contributed by atoms with E-state index in [1.807, 2.05) is 54.6 Å². The quantitative estimate of drug-likeness (QED) is 0.158. The molecule has 11 heteroatoms. The Kier molecular flexibility index (Phi) is 10.1. The van der Waals surface area contributed by atoms with Gasteiger partial charge in [-0.25, -0.2) is 9.78 Å². The molecule has 0 amide bonds. The third-order valence-corrected chi connectivity index (χ3v) is 9.74. The van der Waals surface area contributed by atoms with Gasteiger partial charge in [-0.15, -0.1) is 11.3 Å². The number of nitrogens with zero attached hydrogens (tertiary/aromatic N) is 1. The number of rotatable bonds is 10. The number of benzene rings is 3. The van der Waals surface area contributed by atoms with Gasteiger partial charge in [0.2, 0.25) is 5.12 Å². The minimum absolute atomic E-state index is 0.0713. The average Bonchev–Trinajstić information content (AvgIpc) is 3.42. The Balaban J connectivity index is 1.26. The van der Waals surface area contributed by atoms with Crippen molar-refractivity contribution in [2.75, 3.05) is 27.9 Å². The lowest BCUT2D eigenvalue weighted by atomic mass is 9.99. The van der Waals surface area contributed by atoms with Gasteiger partial charge >= 0.3 is 5.97 Å². The number of thiazole rings is 1. The lowest BCUT2D eigenvalue weighted by molar-refractivity contribution is -0.227. The zero-order chi connectivity index (χ0) is 28.8. The van der Waals surface area contributed by atoms with Crippen molar-refractivity contribution in [3.05, 3.63) is 90.0 Å². The van der Waals surface area contributed by atoms with E-state index in [1.54, 1.807) is 39.5 Å². The number of ether oxygens (including phenoxy) is 5. The molecule has 1 aliphatic heterocycles. The van der Waals surface area contributed by atoms with E-state index in [4.69, 9.17) is 23.7 Å². The topological polar surface area (TPSA) is 93.2 Å². The van der Waals surface area contributed by atoms with Crippen LogP contribution in [0.4, 0.5) is 0 Å². The fourth-order valence-electron chi connectivity index (χ4n) is 4.59. The van der Waals surface area contributed by atoms with Crippen molar-refractivity contribution in [1.29, 1.82) is 0 Å². The lowest BCUT2D eigenvalue weighted by Gasteiger charge is -2.44. The first-order chi connectivity index (χ1) is 20.0. The summed E-state index contributed by atoms with van der Waals surface area (Å²) in [6.07, 6.45) is -2.02. The van der Waals surface area contributed by atoms with Crippen LogP contribution >= 0.6 is 34.9 Å². The van der Waals surface area contributed by atoms with Crippen LogP contribution in [0.15, 0.2) is 88.1 Å². The lowest BCUT2D eigenvalue weighted by Crippen LogP contribution is -2.59. The minimum Gasteiger partial charge on any atom is -0.459 e. The fraction of sp³-hybridized carbons (Fsp3) is 0.300. The van der Waals surface area contributed by atoms with Crippen molar-refractivity contribution < 1.29 is 33.3 Å². The minimum atomic E-state index is -0.610. The van der Waals surface area contributed by atoms with Gasteiger partial charge in [-0.1, -0.05) is 54.2 Å². The Morgan fingerprint density at radius 1 is 0.854 bits per heavy atom. The number of para-hydroxylation sites is 1. The van der Waals surface area contributed by atoms with E-state index in [0.29, 0.717) is 9.90 Å². The fourth-order valence-corrected chi connectivity index (χ4v) is 7.68. The molecule has 214 valence electrons. The molecule has 1 aliphatic rings. The summed E-state index contributed by atoms with van der Waals surface area (Å²) in [5.41, 5.74) is 1.07. The summed E-state index contributed by atoms with van der Waals surface area (Å²) in [7, 11) is 4.76. The smallest absolute Gasteiger partial charge is 0.338 e. The first-order valence-corrected chi connectivity index (χ1v) is 15.3. The summed E-state index contributed by atoms with van der Waals surface area (Å²) in [4.78, 5) is 31.6. The summed E-state index contributed by atoms with van der Waals surface area (Å²) in [6.45, 7) is -0.0713. The Bertz CT molecular complexity index is 1450. The first kappa shape index (κ1) is 29.7. The van der Waals surface area contributed by atoms with E-state index in [0.717, 1.165) is 26.9 Å². The van der Waals surface area contributed by atoms with Crippen LogP contribution in [0.3, 0.4) is 0 Å². The zero-order valence-electron chi connectivity index (χ0n) is 22.6. The van der Waals surface area contributed by atoms with Crippen LogP contribution in [0.5, 0.6) is 0 Å². The van der Waals surface area contributed by atoms with E-state index in [-0.39, 0.29) is 17.3 Å². The highest BCUT2D eigenvalue weighted by Crippen LogP contribution is 2.37. The largest absolute Gasteiger partial charge is 0.459 e. The van der Waals surface area contributed by atoms with Crippen LogP contribution < -0.4 is 0 Å². The molecule has 0 radical (unpaired) electrons. The third-order valence-electron chi connectivity index (χ3n) is 6.57. The van der Waals surface area contributed by atoms with Crippen molar-refractivity contribution in [2.45, 2.75) is 39.1 Å². The maximum Gasteiger partial charge on any atom is 0.338 e. The predicted octanol–water partition coefficient (Wildman–Crippen LogP) is 5.95. The SMILES string of the molecule is CO[C@H]1[C@@H](OC)[C@@H](COC(=O)c2cccc(C(=O)Sc3nc4ccccc4s3)c2)O[C@@H](Sc2ccccc2)[C@@H]1OC. The van der Waals surface area contributed by atoms with Crippen LogP contribution in [0.1, 0.15) is 20.7 Å². The van der Waals surface area contributed by atoms with Gasteiger partial charge in [-0.05, 0) is 48.2 Å². The number of thioether (sulfide) groups is 2. The van der Waals surface area contributed by atoms with Gasteiger partial charge in [-0.2, -0.15) is 0 Å². The summed E-state index contributed by atoms with van der Waals surface area (Å²) in [5.74, 6) is -0.571. The zero-order valence-corrected chi connectivity index (χ0v) is 25.1. The Morgan fingerprint density at radius 2 is 1.56 bits per heavy atom. The van der Waals surface area contributed by atoms with E-state index < -0.39 is 35.8 Å². The summed E-state index contributed by atoms with van der Waals surface area (Å²) < 4.78 is 30.9. The van der Waals surface area contributed by atoms with Crippen molar-refractivity contribution in [2.24, 2.45) is 0 Å². The molecule has 8 nitrogen and oxygen atoms in total. The predicted molar refractivity (Wildman–Crippen MR) is 160 cm³/mol. The van der Waals surface area contributed by atoms with Crippen LogP contribution in [0.25, 0.3) is 10.2 Å².